The van der Waals surface area contributed by atoms with E-state index in [4.69, 9.17) is 21.8 Å². The number of likely N-dealkylation sites (tertiary alicyclic amines) is 1. The minimum Gasteiger partial charge on any atom is -0.444 e. The lowest BCUT2D eigenvalue weighted by molar-refractivity contribution is 0.125. The van der Waals surface area contributed by atoms with Crippen molar-refractivity contribution in [2.75, 3.05) is 19.6 Å². The van der Waals surface area contributed by atoms with Gasteiger partial charge in [0.2, 0.25) is 5.89 Å². The molecule has 3 rings (SSSR count). The molecule has 2 heterocycles. The summed E-state index contributed by atoms with van der Waals surface area (Å²) in [5.74, 6) is 1.91. The Hall–Kier alpha value is -1.36. The van der Waals surface area contributed by atoms with Crippen LogP contribution in [0.2, 0.25) is 5.02 Å². The van der Waals surface area contributed by atoms with E-state index in [1.54, 1.807) is 6.26 Å². The van der Waals surface area contributed by atoms with Gasteiger partial charge in [-0.2, -0.15) is 0 Å². The lowest BCUT2D eigenvalue weighted by atomic mass is 9.87. The number of halogens is 1. The smallest absolute Gasteiger partial charge is 0.226 e. The molecule has 2 N–H and O–H groups in total. The summed E-state index contributed by atoms with van der Waals surface area (Å²) in [6, 6.07) is 7.56. The van der Waals surface area contributed by atoms with Crippen molar-refractivity contribution in [2.24, 2.45) is 17.6 Å². The van der Waals surface area contributed by atoms with Crippen LogP contribution in [0.5, 0.6) is 0 Å². The second-order valence-electron chi connectivity index (χ2n) is 6.15. The Morgan fingerprint density at radius 1 is 1.45 bits per heavy atom. The molecule has 0 bridgehead atoms. The fourth-order valence-corrected chi connectivity index (χ4v) is 3.23. The quantitative estimate of drug-likeness (QED) is 0.938. The Morgan fingerprint density at radius 3 is 3.09 bits per heavy atom. The van der Waals surface area contributed by atoms with Gasteiger partial charge >= 0.3 is 0 Å². The summed E-state index contributed by atoms with van der Waals surface area (Å²) in [5, 5.41) is 0.688. The van der Waals surface area contributed by atoms with E-state index in [1.807, 2.05) is 24.3 Å². The number of aromatic nitrogens is 1. The van der Waals surface area contributed by atoms with Gasteiger partial charge in [0.05, 0.1) is 5.69 Å². The molecule has 2 unspecified atom stereocenters. The van der Waals surface area contributed by atoms with E-state index in [1.165, 1.54) is 6.42 Å². The highest BCUT2D eigenvalue weighted by molar-refractivity contribution is 6.30. The highest BCUT2D eigenvalue weighted by Gasteiger charge is 2.25. The van der Waals surface area contributed by atoms with Crippen molar-refractivity contribution in [3.63, 3.8) is 0 Å². The minimum absolute atomic E-state index is 0.577. The van der Waals surface area contributed by atoms with E-state index in [9.17, 15) is 0 Å². The lowest BCUT2D eigenvalue weighted by Gasteiger charge is -2.36. The molecule has 4 nitrogen and oxygen atoms in total. The maximum atomic E-state index is 6.01. The van der Waals surface area contributed by atoms with E-state index in [0.717, 1.165) is 37.4 Å². The second-order valence-corrected chi connectivity index (χ2v) is 6.59. The molecule has 0 aliphatic carbocycles. The predicted molar refractivity (Wildman–Crippen MR) is 88.6 cm³/mol. The van der Waals surface area contributed by atoms with Crippen molar-refractivity contribution in [2.45, 2.75) is 19.9 Å². The normalized spacial score (nSPS) is 22.9. The molecule has 22 heavy (non-hydrogen) atoms. The molecular formula is C17H22ClN3O. The first kappa shape index (κ1) is 15.5. The Kier molecular flexibility index (Phi) is 4.81. The van der Waals surface area contributed by atoms with Crippen molar-refractivity contribution in [1.82, 2.24) is 9.88 Å². The molecule has 1 aliphatic rings. The maximum absolute atomic E-state index is 6.01. The number of oxazole rings is 1. The summed E-state index contributed by atoms with van der Waals surface area (Å²) in [4.78, 5) is 7.00. The highest BCUT2D eigenvalue weighted by Crippen LogP contribution is 2.25. The first-order valence-corrected chi connectivity index (χ1v) is 8.16. The lowest BCUT2D eigenvalue weighted by Crippen LogP contribution is -2.42. The van der Waals surface area contributed by atoms with E-state index < -0.39 is 0 Å². The topological polar surface area (TPSA) is 55.3 Å². The number of benzene rings is 1. The van der Waals surface area contributed by atoms with Gasteiger partial charge in [0.25, 0.3) is 0 Å². The molecule has 1 aromatic carbocycles. The van der Waals surface area contributed by atoms with Crippen LogP contribution in [0.15, 0.2) is 34.9 Å². The molecule has 1 aliphatic heterocycles. The van der Waals surface area contributed by atoms with Crippen LogP contribution in [0.4, 0.5) is 0 Å². The van der Waals surface area contributed by atoms with Gasteiger partial charge in [0.1, 0.15) is 6.26 Å². The molecule has 5 heteroatoms. The fourth-order valence-electron chi connectivity index (χ4n) is 3.04. The molecule has 0 saturated carbocycles. The van der Waals surface area contributed by atoms with Gasteiger partial charge in [-0.05, 0) is 49.5 Å². The number of piperidine rings is 1. The summed E-state index contributed by atoms with van der Waals surface area (Å²) in [5.41, 5.74) is 7.74. The number of hydrogen-bond acceptors (Lipinski definition) is 4. The zero-order chi connectivity index (χ0) is 15.5. The molecule has 1 fully saturated rings. The molecule has 1 saturated heterocycles. The molecule has 0 spiro atoms. The molecule has 0 amide bonds. The number of hydrogen-bond donors (Lipinski definition) is 1. The van der Waals surface area contributed by atoms with Gasteiger partial charge in [0, 0.05) is 23.7 Å². The van der Waals surface area contributed by atoms with Crippen LogP contribution >= 0.6 is 11.6 Å². The van der Waals surface area contributed by atoms with Crippen LogP contribution in [0.25, 0.3) is 11.5 Å². The van der Waals surface area contributed by atoms with Crippen molar-refractivity contribution >= 4 is 11.6 Å². The Balaban J connectivity index is 1.67. The monoisotopic (exact) mass is 319 g/mol. The number of rotatable bonds is 4. The van der Waals surface area contributed by atoms with Gasteiger partial charge in [-0.15, -0.1) is 0 Å². The van der Waals surface area contributed by atoms with Gasteiger partial charge in [0.15, 0.2) is 0 Å². The largest absolute Gasteiger partial charge is 0.444 e. The van der Waals surface area contributed by atoms with Gasteiger partial charge in [-0.3, -0.25) is 4.90 Å². The van der Waals surface area contributed by atoms with E-state index in [-0.39, 0.29) is 0 Å². The van der Waals surface area contributed by atoms with Gasteiger partial charge in [-0.1, -0.05) is 24.6 Å². The van der Waals surface area contributed by atoms with Crippen LogP contribution in [0.3, 0.4) is 0 Å². The number of nitrogens with zero attached hydrogens (tertiary/aromatic N) is 2. The minimum atomic E-state index is 0.577. The summed E-state index contributed by atoms with van der Waals surface area (Å²) in [6.45, 7) is 5.99. The Bertz CT molecular complexity index is 628. The second kappa shape index (κ2) is 6.82. The third kappa shape index (κ3) is 3.51. The summed E-state index contributed by atoms with van der Waals surface area (Å²) in [7, 11) is 0. The van der Waals surface area contributed by atoms with Gasteiger partial charge in [-0.25, -0.2) is 4.98 Å². The zero-order valence-corrected chi connectivity index (χ0v) is 13.6. The van der Waals surface area contributed by atoms with E-state index in [2.05, 4.69) is 16.8 Å². The average Bonchev–Trinajstić information content (AvgIpc) is 2.98. The van der Waals surface area contributed by atoms with Crippen LogP contribution in [-0.4, -0.2) is 29.5 Å². The van der Waals surface area contributed by atoms with Crippen LogP contribution < -0.4 is 5.73 Å². The first-order valence-electron chi connectivity index (χ1n) is 7.78. The molecule has 0 radical (unpaired) electrons. The van der Waals surface area contributed by atoms with Crippen molar-refractivity contribution in [1.29, 1.82) is 0 Å². The number of nitrogens with two attached hydrogens (primary N) is 1. The summed E-state index contributed by atoms with van der Waals surface area (Å²) in [6.07, 6.45) is 2.94. The van der Waals surface area contributed by atoms with Crippen LogP contribution in [0.1, 0.15) is 19.0 Å². The first-order chi connectivity index (χ1) is 10.7. The molecule has 1 aromatic heterocycles. The predicted octanol–water partition coefficient (Wildman–Crippen LogP) is 3.41. The van der Waals surface area contributed by atoms with E-state index >= 15 is 0 Å². The Morgan fingerprint density at radius 2 is 2.32 bits per heavy atom. The SMILES string of the molecule is CC1CCN(Cc2coc(-c3cccc(Cl)c3)n2)CC1CN. The average molecular weight is 320 g/mol. The molecular weight excluding hydrogens is 298 g/mol. The van der Waals surface area contributed by atoms with Crippen molar-refractivity contribution < 1.29 is 4.42 Å². The summed E-state index contributed by atoms with van der Waals surface area (Å²) >= 11 is 6.01. The summed E-state index contributed by atoms with van der Waals surface area (Å²) < 4.78 is 5.60. The van der Waals surface area contributed by atoms with Crippen molar-refractivity contribution in [3.05, 3.63) is 41.2 Å². The highest BCUT2D eigenvalue weighted by atomic mass is 35.5. The maximum Gasteiger partial charge on any atom is 0.226 e. The molecule has 118 valence electrons. The third-order valence-corrected chi connectivity index (χ3v) is 4.74. The standard InChI is InChI=1S/C17H22ClN3O/c1-12-5-6-21(9-14(12)8-19)10-16-11-22-17(20-16)13-3-2-4-15(18)7-13/h2-4,7,11-12,14H,5-6,8-10,19H2,1H3. The molecule has 2 atom stereocenters. The van der Waals surface area contributed by atoms with Crippen LogP contribution in [-0.2, 0) is 6.54 Å². The Labute approximate surface area is 136 Å². The molecule has 2 aromatic rings. The van der Waals surface area contributed by atoms with E-state index in [0.29, 0.717) is 22.7 Å². The fraction of sp³-hybridized carbons (Fsp3) is 0.471. The van der Waals surface area contributed by atoms with Crippen LogP contribution in [0, 0.1) is 11.8 Å². The van der Waals surface area contributed by atoms with Gasteiger partial charge < -0.3 is 10.2 Å². The third-order valence-electron chi connectivity index (χ3n) is 4.51. The van der Waals surface area contributed by atoms with Crippen molar-refractivity contribution in [3.8, 4) is 11.5 Å². The zero-order valence-electron chi connectivity index (χ0n) is 12.8.